The first-order chi connectivity index (χ1) is 7.97. The van der Waals surface area contributed by atoms with Crippen molar-refractivity contribution in [3.63, 3.8) is 0 Å². The van der Waals surface area contributed by atoms with Crippen LogP contribution in [0.2, 0.25) is 0 Å². The van der Waals surface area contributed by atoms with Crippen LogP contribution in [0.4, 0.5) is 0 Å². The maximum absolute atomic E-state index is 11.2. The Morgan fingerprint density at radius 1 is 1.47 bits per heavy atom. The summed E-state index contributed by atoms with van der Waals surface area (Å²) in [5, 5.41) is 7.84. The standard InChI is InChI=1S/C11H15NO4S/c1-7-2-4-8(5-3-7)10(17(15)16)9(6-12)11(13)14/h2-5,9-10H,6,12H2,1H3,(H,13,14)(H,15,16)/p-1. The number of benzene rings is 1. The van der Waals surface area contributed by atoms with Crippen molar-refractivity contribution in [3.8, 4) is 0 Å². The monoisotopic (exact) mass is 256 g/mol. The highest BCUT2D eigenvalue weighted by atomic mass is 32.2. The van der Waals surface area contributed by atoms with E-state index in [9.17, 15) is 13.6 Å². The zero-order chi connectivity index (χ0) is 13.0. The number of carboxylic acid groups (broad SMARTS) is 1. The number of nitrogens with two attached hydrogens (primary N) is 1. The van der Waals surface area contributed by atoms with Gasteiger partial charge in [-0.15, -0.1) is 0 Å². The topological polar surface area (TPSA) is 103 Å². The van der Waals surface area contributed by atoms with E-state index < -0.39 is 28.2 Å². The maximum Gasteiger partial charge on any atom is 0.309 e. The predicted octanol–water partition coefficient (Wildman–Crippen LogP) is 0.575. The van der Waals surface area contributed by atoms with E-state index in [-0.39, 0.29) is 6.54 Å². The van der Waals surface area contributed by atoms with Crippen LogP contribution >= 0.6 is 0 Å². The fraction of sp³-hybridized carbons (Fsp3) is 0.364. The Morgan fingerprint density at radius 2 is 2.00 bits per heavy atom. The Morgan fingerprint density at radius 3 is 2.35 bits per heavy atom. The third-order valence-electron chi connectivity index (χ3n) is 2.55. The second kappa shape index (κ2) is 5.90. The highest BCUT2D eigenvalue weighted by molar-refractivity contribution is 7.79. The SMILES string of the molecule is Cc1ccc(C(C(CN)C(=O)O)S(=O)[O-])cc1. The molecule has 0 radical (unpaired) electrons. The molecule has 5 nitrogen and oxygen atoms in total. The minimum Gasteiger partial charge on any atom is -0.772 e. The van der Waals surface area contributed by atoms with Crippen LogP contribution in [-0.4, -0.2) is 26.4 Å². The molecule has 0 spiro atoms. The van der Waals surface area contributed by atoms with E-state index >= 15 is 0 Å². The quantitative estimate of drug-likeness (QED) is 0.750. The lowest BCUT2D eigenvalue weighted by Gasteiger charge is -2.25. The molecule has 3 N–H and O–H groups in total. The van der Waals surface area contributed by atoms with Crippen molar-refractivity contribution in [1.82, 2.24) is 0 Å². The van der Waals surface area contributed by atoms with Crippen molar-refractivity contribution in [2.75, 3.05) is 6.54 Å². The molecule has 0 aliphatic carbocycles. The summed E-state index contributed by atoms with van der Waals surface area (Å²) in [5.74, 6) is -2.33. The first kappa shape index (κ1) is 13.8. The Kier molecular flexibility index (Phi) is 4.80. The van der Waals surface area contributed by atoms with E-state index in [4.69, 9.17) is 10.8 Å². The molecule has 1 aromatic rings. The summed E-state index contributed by atoms with van der Waals surface area (Å²) in [5.41, 5.74) is 6.75. The van der Waals surface area contributed by atoms with Gasteiger partial charge in [0.2, 0.25) is 0 Å². The summed E-state index contributed by atoms with van der Waals surface area (Å²) in [6, 6.07) is 6.71. The van der Waals surface area contributed by atoms with Crippen molar-refractivity contribution < 1.29 is 18.7 Å². The van der Waals surface area contributed by atoms with Crippen LogP contribution in [0.5, 0.6) is 0 Å². The molecule has 3 atom stereocenters. The Bertz CT molecular complexity index is 418. The van der Waals surface area contributed by atoms with Crippen molar-refractivity contribution in [2.24, 2.45) is 11.7 Å². The zero-order valence-corrected chi connectivity index (χ0v) is 10.1. The molecule has 3 unspecified atom stereocenters. The van der Waals surface area contributed by atoms with Crippen LogP contribution in [0, 0.1) is 12.8 Å². The van der Waals surface area contributed by atoms with E-state index in [0.29, 0.717) is 5.56 Å². The molecule has 0 heterocycles. The molecule has 0 fully saturated rings. The number of rotatable bonds is 5. The Labute approximate surface area is 102 Å². The lowest BCUT2D eigenvalue weighted by atomic mass is 9.98. The first-order valence-corrected chi connectivity index (χ1v) is 6.18. The van der Waals surface area contributed by atoms with Crippen LogP contribution in [0.15, 0.2) is 24.3 Å². The van der Waals surface area contributed by atoms with Gasteiger partial charge in [0.25, 0.3) is 0 Å². The summed E-state index contributed by atoms with van der Waals surface area (Å²) in [4.78, 5) is 11.0. The van der Waals surface area contributed by atoms with Gasteiger partial charge in [-0.3, -0.25) is 9.00 Å². The van der Waals surface area contributed by atoms with Crippen LogP contribution < -0.4 is 5.73 Å². The third-order valence-corrected chi connectivity index (χ3v) is 3.57. The van der Waals surface area contributed by atoms with E-state index in [0.717, 1.165) is 5.56 Å². The number of carbonyl (C=O) groups is 1. The summed E-state index contributed by atoms with van der Waals surface area (Å²) in [6.45, 7) is 1.65. The fourth-order valence-corrected chi connectivity index (χ4v) is 2.46. The van der Waals surface area contributed by atoms with E-state index in [1.54, 1.807) is 24.3 Å². The average Bonchev–Trinajstić information content (AvgIpc) is 2.26. The molecular formula is C11H14NO4S-. The van der Waals surface area contributed by atoms with Gasteiger partial charge in [0.15, 0.2) is 0 Å². The molecule has 1 rings (SSSR count). The molecule has 0 aliphatic rings. The number of hydrogen-bond donors (Lipinski definition) is 2. The lowest BCUT2D eigenvalue weighted by molar-refractivity contribution is -0.141. The molecule has 0 saturated carbocycles. The van der Waals surface area contributed by atoms with Crippen molar-refractivity contribution >= 4 is 17.0 Å². The summed E-state index contributed by atoms with van der Waals surface area (Å²) in [7, 11) is 0. The second-order valence-electron chi connectivity index (χ2n) is 3.77. The smallest absolute Gasteiger partial charge is 0.309 e. The largest absolute Gasteiger partial charge is 0.772 e. The molecule has 0 bridgehead atoms. The molecule has 0 aliphatic heterocycles. The van der Waals surface area contributed by atoms with Gasteiger partial charge in [-0.05, 0) is 23.6 Å². The highest BCUT2D eigenvalue weighted by Gasteiger charge is 2.29. The molecule has 0 saturated heterocycles. The molecule has 1 aromatic carbocycles. The van der Waals surface area contributed by atoms with E-state index in [2.05, 4.69) is 0 Å². The molecular weight excluding hydrogens is 242 g/mol. The molecule has 0 aromatic heterocycles. The van der Waals surface area contributed by atoms with Gasteiger partial charge >= 0.3 is 5.97 Å². The van der Waals surface area contributed by atoms with Gasteiger partial charge in [0.05, 0.1) is 11.2 Å². The average molecular weight is 256 g/mol. The maximum atomic E-state index is 11.2. The minimum absolute atomic E-state index is 0.220. The first-order valence-electron chi connectivity index (χ1n) is 5.05. The minimum atomic E-state index is -2.52. The van der Waals surface area contributed by atoms with Gasteiger partial charge in [-0.25, -0.2) is 0 Å². The summed E-state index contributed by atoms with van der Waals surface area (Å²) >= 11 is -2.52. The molecule has 6 heteroatoms. The van der Waals surface area contributed by atoms with Gasteiger partial charge < -0.3 is 15.4 Å². The lowest BCUT2D eigenvalue weighted by Crippen LogP contribution is -2.31. The highest BCUT2D eigenvalue weighted by Crippen LogP contribution is 2.27. The second-order valence-corrected chi connectivity index (χ2v) is 4.80. The van der Waals surface area contributed by atoms with Crippen LogP contribution in [0.3, 0.4) is 0 Å². The fourth-order valence-electron chi connectivity index (χ4n) is 1.59. The Balaban J connectivity index is 3.12. The summed E-state index contributed by atoms with van der Waals surface area (Å²) in [6.07, 6.45) is 0. The van der Waals surface area contributed by atoms with E-state index in [1.165, 1.54) is 0 Å². The van der Waals surface area contributed by atoms with Gasteiger partial charge in [0.1, 0.15) is 0 Å². The van der Waals surface area contributed by atoms with Crippen LogP contribution in [0.1, 0.15) is 16.4 Å². The Hall–Kier alpha value is -1.24. The number of hydrogen-bond acceptors (Lipinski definition) is 4. The van der Waals surface area contributed by atoms with Gasteiger partial charge in [-0.2, -0.15) is 0 Å². The molecule has 17 heavy (non-hydrogen) atoms. The number of aliphatic carboxylic acids is 1. The van der Waals surface area contributed by atoms with Gasteiger partial charge in [-0.1, -0.05) is 29.8 Å². The van der Waals surface area contributed by atoms with Gasteiger partial charge in [0, 0.05) is 6.54 Å². The normalized spacial score (nSPS) is 16.2. The van der Waals surface area contributed by atoms with Crippen LogP contribution in [0.25, 0.3) is 0 Å². The zero-order valence-electron chi connectivity index (χ0n) is 9.33. The van der Waals surface area contributed by atoms with Crippen molar-refractivity contribution in [3.05, 3.63) is 35.4 Å². The van der Waals surface area contributed by atoms with E-state index in [1.807, 2.05) is 6.92 Å². The molecule has 0 amide bonds. The van der Waals surface area contributed by atoms with Crippen LogP contribution in [-0.2, 0) is 15.9 Å². The molecule has 94 valence electrons. The number of carboxylic acids is 1. The summed E-state index contributed by atoms with van der Waals surface area (Å²) < 4.78 is 22.3. The van der Waals surface area contributed by atoms with Crippen molar-refractivity contribution in [1.29, 1.82) is 0 Å². The predicted molar refractivity (Wildman–Crippen MR) is 63.0 cm³/mol. The number of aryl methyl sites for hydroxylation is 1. The van der Waals surface area contributed by atoms with Crippen molar-refractivity contribution in [2.45, 2.75) is 12.2 Å². The third kappa shape index (κ3) is 3.36.